The number of nitrogens with one attached hydrogen (secondary N) is 2. The molecule has 4 aliphatic rings. The highest BCUT2D eigenvalue weighted by Crippen LogP contribution is 2.60. The summed E-state index contributed by atoms with van der Waals surface area (Å²) < 4.78 is 7.53. The molecule has 1 aromatic heterocycles. The van der Waals surface area contributed by atoms with Crippen molar-refractivity contribution in [3.63, 3.8) is 0 Å². The number of hydrogen-bond donors (Lipinski definition) is 2. The molecular formula is C32H39N5O3S. The number of carbonyl (C=O) groups is 2. The number of aryl methyl sites for hydroxylation is 1. The lowest BCUT2D eigenvalue weighted by Gasteiger charge is -2.55. The molecule has 3 aromatic rings. The van der Waals surface area contributed by atoms with Crippen LogP contribution in [0.5, 0.6) is 5.75 Å². The highest BCUT2D eigenvalue weighted by molar-refractivity contribution is 7.99. The lowest BCUT2D eigenvalue weighted by molar-refractivity contribution is -0.146. The van der Waals surface area contributed by atoms with Gasteiger partial charge in [0.1, 0.15) is 5.75 Å². The Kier molecular flexibility index (Phi) is 8.32. The molecule has 0 atom stereocenters. The lowest BCUT2D eigenvalue weighted by Crippen LogP contribution is -2.53. The molecule has 7 rings (SSSR count). The first-order valence-electron chi connectivity index (χ1n) is 14.9. The van der Waals surface area contributed by atoms with Gasteiger partial charge in [0.05, 0.1) is 18.9 Å². The van der Waals surface area contributed by atoms with Gasteiger partial charge in [0.2, 0.25) is 11.8 Å². The molecule has 2 aromatic carbocycles. The molecule has 0 aliphatic heterocycles. The van der Waals surface area contributed by atoms with E-state index in [9.17, 15) is 9.59 Å². The minimum absolute atomic E-state index is 0.117. The highest BCUT2D eigenvalue weighted by atomic mass is 32.2. The second-order valence-electron chi connectivity index (χ2n) is 12.0. The fourth-order valence-electron chi connectivity index (χ4n) is 7.53. The minimum atomic E-state index is -0.194. The number of anilines is 1. The molecule has 216 valence electrons. The fourth-order valence-corrected chi connectivity index (χ4v) is 8.31. The van der Waals surface area contributed by atoms with E-state index in [0.717, 1.165) is 60.7 Å². The number of hydrogen-bond acceptors (Lipinski definition) is 6. The molecular weight excluding hydrogens is 534 g/mol. The van der Waals surface area contributed by atoms with Gasteiger partial charge in [0.15, 0.2) is 11.0 Å². The van der Waals surface area contributed by atoms with E-state index < -0.39 is 0 Å². The average molecular weight is 574 g/mol. The first-order chi connectivity index (χ1) is 20.0. The smallest absolute Gasteiger partial charge is 0.234 e. The van der Waals surface area contributed by atoms with Crippen LogP contribution in [0.3, 0.4) is 0 Å². The fraction of sp³-hybridized carbons (Fsp3) is 0.500. The Morgan fingerprint density at radius 2 is 1.66 bits per heavy atom. The molecule has 2 amide bonds. The number of ether oxygens (including phenoxy) is 1. The van der Waals surface area contributed by atoms with Gasteiger partial charge in [0.25, 0.3) is 0 Å². The van der Waals surface area contributed by atoms with Crippen LogP contribution in [-0.4, -0.2) is 38.9 Å². The third kappa shape index (κ3) is 6.45. The number of nitrogens with zero attached hydrogens (tertiary/aromatic N) is 3. The van der Waals surface area contributed by atoms with E-state index in [-0.39, 0.29) is 23.0 Å². The number of aromatic nitrogens is 3. The molecule has 1 heterocycles. The van der Waals surface area contributed by atoms with Gasteiger partial charge in [-0.25, -0.2) is 0 Å². The summed E-state index contributed by atoms with van der Waals surface area (Å²) in [5.41, 5.74) is 1.74. The van der Waals surface area contributed by atoms with Crippen molar-refractivity contribution in [1.29, 1.82) is 0 Å². The van der Waals surface area contributed by atoms with Gasteiger partial charge in [-0.15, -0.1) is 10.2 Å². The van der Waals surface area contributed by atoms with Crippen LogP contribution < -0.4 is 15.4 Å². The van der Waals surface area contributed by atoms with Crippen LogP contribution in [0.2, 0.25) is 0 Å². The van der Waals surface area contributed by atoms with Crippen LogP contribution in [-0.2, 0) is 29.1 Å². The van der Waals surface area contributed by atoms with Gasteiger partial charge >= 0.3 is 0 Å². The Balaban J connectivity index is 1.10. The maximum atomic E-state index is 13.6. The van der Waals surface area contributed by atoms with E-state index in [0.29, 0.717) is 24.9 Å². The molecule has 41 heavy (non-hydrogen) atoms. The Labute approximate surface area is 246 Å². The molecule has 2 N–H and O–H groups in total. The van der Waals surface area contributed by atoms with Crippen LogP contribution in [0.25, 0.3) is 0 Å². The largest absolute Gasteiger partial charge is 0.494 e. The molecule has 0 unspecified atom stereocenters. The number of rotatable bonds is 12. The Morgan fingerprint density at radius 1 is 0.976 bits per heavy atom. The number of carbonyl (C=O) groups excluding carboxylic acids is 2. The summed E-state index contributed by atoms with van der Waals surface area (Å²) in [5, 5.41) is 15.8. The average Bonchev–Trinajstić information content (AvgIpc) is 3.36. The maximum absolute atomic E-state index is 13.6. The molecule has 0 spiro atoms. The number of amides is 2. The normalized spacial score (nSPS) is 24.3. The van der Waals surface area contributed by atoms with Crippen molar-refractivity contribution >= 4 is 29.3 Å². The van der Waals surface area contributed by atoms with E-state index in [1.807, 2.05) is 49.4 Å². The number of thioether (sulfide) groups is 1. The van der Waals surface area contributed by atoms with E-state index in [4.69, 9.17) is 4.74 Å². The maximum Gasteiger partial charge on any atom is 0.234 e. The van der Waals surface area contributed by atoms with E-state index >= 15 is 0 Å². The van der Waals surface area contributed by atoms with Crippen molar-refractivity contribution in [2.45, 2.75) is 70.1 Å². The van der Waals surface area contributed by atoms with Gasteiger partial charge in [-0.3, -0.25) is 9.59 Å². The van der Waals surface area contributed by atoms with Crippen LogP contribution in [0.1, 0.15) is 56.8 Å². The van der Waals surface area contributed by atoms with Crippen molar-refractivity contribution < 1.29 is 14.3 Å². The second kappa shape index (κ2) is 12.3. The molecule has 4 saturated carbocycles. The lowest BCUT2D eigenvalue weighted by atomic mass is 9.49. The zero-order chi connectivity index (χ0) is 28.2. The van der Waals surface area contributed by atoms with E-state index in [1.54, 1.807) is 0 Å². The van der Waals surface area contributed by atoms with Gasteiger partial charge in [-0.2, -0.15) is 0 Å². The summed E-state index contributed by atoms with van der Waals surface area (Å²) in [7, 11) is 0. The predicted molar refractivity (Wildman–Crippen MR) is 160 cm³/mol. The summed E-state index contributed by atoms with van der Waals surface area (Å²) in [6.07, 6.45) is 7.86. The Bertz CT molecular complexity index is 1320. The second-order valence-corrected chi connectivity index (χ2v) is 12.9. The van der Waals surface area contributed by atoms with Crippen LogP contribution in [0, 0.1) is 23.2 Å². The first-order valence-corrected chi connectivity index (χ1v) is 15.9. The third-order valence-electron chi connectivity index (χ3n) is 8.97. The van der Waals surface area contributed by atoms with Crippen LogP contribution >= 0.6 is 11.8 Å². The SMILES string of the molecule is CCOc1ccc(NC(=O)CSc2nnc(CNC(=O)C34CC5CC(CC(C5)C3)C4)n2CCc2ccccc2)cc1. The summed E-state index contributed by atoms with van der Waals surface area (Å²) in [4.78, 5) is 26.3. The number of benzene rings is 2. The monoisotopic (exact) mass is 573 g/mol. The molecule has 0 saturated heterocycles. The minimum Gasteiger partial charge on any atom is -0.494 e. The van der Waals surface area contributed by atoms with Gasteiger partial charge in [0, 0.05) is 17.6 Å². The quantitative estimate of drug-likeness (QED) is 0.279. The predicted octanol–water partition coefficient (Wildman–Crippen LogP) is 5.48. The zero-order valence-corrected chi connectivity index (χ0v) is 24.5. The summed E-state index contributed by atoms with van der Waals surface area (Å²) in [6, 6.07) is 17.7. The van der Waals surface area contributed by atoms with Gasteiger partial charge in [-0.05, 0) is 99.5 Å². The molecule has 4 fully saturated rings. The topological polar surface area (TPSA) is 98.1 Å². The standard InChI is InChI=1S/C32H39N5O3S/c1-2-40-27-10-8-26(9-11-27)34-29(38)21-41-31-36-35-28(37(31)13-12-22-6-4-3-5-7-22)20-33-30(39)32-17-23-14-24(18-32)16-25(15-23)19-32/h3-11,23-25H,2,12-21H2,1H3,(H,33,39)(H,34,38). The summed E-state index contributed by atoms with van der Waals surface area (Å²) in [6.45, 7) is 3.55. The van der Waals surface area contributed by atoms with Crippen molar-refractivity contribution in [3.8, 4) is 5.75 Å². The first kappa shape index (κ1) is 27.8. The van der Waals surface area contributed by atoms with Crippen LogP contribution in [0.4, 0.5) is 5.69 Å². The van der Waals surface area contributed by atoms with Crippen molar-refractivity contribution in [2.24, 2.45) is 23.2 Å². The molecule has 0 radical (unpaired) electrons. The third-order valence-corrected chi connectivity index (χ3v) is 9.94. The van der Waals surface area contributed by atoms with Gasteiger partial charge < -0.3 is 19.9 Å². The Morgan fingerprint density at radius 3 is 2.32 bits per heavy atom. The van der Waals surface area contributed by atoms with E-state index in [1.165, 1.54) is 36.6 Å². The zero-order valence-electron chi connectivity index (χ0n) is 23.7. The molecule has 8 nitrogen and oxygen atoms in total. The highest BCUT2D eigenvalue weighted by Gasteiger charge is 2.54. The van der Waals surface area contributed by atoms with Crippen molar-refractivity contribution in [2.75, 3.05) is 17.7 Å². The van der Waals surface area contributed by atoms with Crippen molar-refractivity contribution in [3.05, 3.63) is 66.0 Å². The van der Waals surface area contributed by atoms with E-state index in [2.05, 4.69) is 37.5 Å². The Hall–Kier alpha value is -3.33. The summed E-state index contributed by atoms with van der Waals surface area (Å²) in [5.74, 6) is 3.94. The van der Waals surface area contributed by atoms with Gasteiger partial charge in [-0.1, -0.05) is 42.1 Å². The molecule has 9 heteroatoms. The molecule has 4 bridgehead atoms. The molecule has 4 aliphatic carbocycles. The summed E-state index contributed by atoms with van der Waals surface area (Å²) >= 11 is 1.36. The van der Waals surface area contributed by atoms with Crippen LogP contribution in [0.15, 0.2) is 59.8 Å². The van der Waals surface area contributed by atoms with Crippen molar-refractivity contribution in [1.82, 2.24) is 20.1 Å².